The molecule has 0 aliphatic carbocycles. The maximum atomic E-state index is 12.8. The van der Waals surface area contributed by atoms with Crippen LogP contribution in [0.25, 0.3) is 0 Å². The van der Waals surface area contributed by atoms with E-state index in [0.29, 0.717) is 25.6 Å². The van der Waals surface area contributed by atoms with Crippen molar-refractivity contribution < 1.29 is 14.3 Å². The Labute approximate surface area is 149 Å². The number of amides is 2. The molecule has 2 heterocycles. The van der Waals surface area contributed by atoms with Crippen LogP contribution in [0, 0.1) is 5.92 Å². The van der Waals surface area contributed by atoms with Gasteiger partial charge in [-0.25, -0.2) is 0 Å². The topological polar surface area (TPSA) is 53.1 Å². The van der Waals surface area contributed by atoms with Crippen LogP contribution in [0.1, 0.15) is 18.4 Å². The number of likely N-dealkylation sites (tertiary alicyclic amines) is 2. The number of methoxy groups -OCH3 is 1. The highest BCUT2D eigenvalue weighted by Crippen LogP contribution is 2.25. The zero-order valence-electron chi connectivity index (χ0n) is 15.3. The fourth-order valence-electron chi connectivity index (χ4n) is 3.70. The molecule has 2 saturated heterocycles. The maximum Gasteiger partial charge on any atom is 0.228 e. The van der Waals surface area contributed by atoms with E-state index < -0.39 is 0 Å². The molecule has 0 N–H and O–H groups in total. The van der Waals surface area contributed by atoms with Crippen LogP contribution in [-0.2, 0) is 16.1 Å². The molecule has 3 rings (SSSR count). The van der Waals surface area contributed by atoms with Gasteiger partial charge in [-0.3, -0.25) is 9.59 Å². The van der Waals surface area contributed by atoms with Gasteiger partial charge in [0.1, 0.15) is 5.75 Å². The Kier molecular flexibility index (Phi) is 5.27. The third kappa shape index (κ3) is 3.95. The van der Waals surface area contributed by atoms with Crippen molar-refractivity contribution in [3.05, 3.63) is 29.8 Å². The van der Waals surface area contributed by atoms with Gasteiger partial charge in [0, 0.05) is 38.6 Å². The van der Waals surface area contributed by atoms with Crippen molar-refractivity contribution in [2.45, 2.75) is 25.4 Å². The van der Waals surface area contributed by atoms with E-state index in [1.807, 2.05) is 43.3 Å². The van der Waals surface area contributed by atoms with E-state index >= 15 is 0 Å². The predicted octanol–water partition coefficient (Wildman–Crippen LogP) is 1.21. The first-order valence-electron chi connectivity index (χ1n) is 8.84. The summed E-state index contributed by atoms with van der Waals surface area (Å²) in [7, 11) is 5.73. The molecule has 2 aliphatic heterocycles. The minimum atomic E-state index is -0.209. The Hall–Kier alpha value is -2.08. The maximum absolute atomic E-state index is 12.8. The monoisotopic (exact) mass is 345 g/mol. The number of hydrogen-bond acceptors (Lipinski definition) is 4. The second-order valence-electron chi connectivity index (χ2n) is 7.22. The van der Waals surface area contributed by atoms with Crippen molar-refractivity contribution in [1.82, 2.24) is 14.7 Å². The van der Waals surface area contributed by atoms with Crippen molar-refractivity contribution >= 4 is 11.8 Å². The van der Waals surface area contributed by atoms with Crippen LogP contribution in [-0.4, -0.2) is 73.4 Å². The lowest BCUT2D eigenvalue weighted by Gasteiger charge is -2.23. The van der Waals surface area contributed by atoms with Gasteiger partial charge in [-0.15, -0.1) is 0 Å². The average Bonchev–Trinajstić information content (AvgIpc) is 3.22. The van der Waals surface area contributed by atoms with E-state index in [2.05, 4.69) is 4.90 Å². The largest absolute Gasteiger partial charge is 0.497 e. The van der Waals surface area contributed by atoms with Gasteiger partial charge in [0.05, 0.1) is 13.0 Å². The third-order valence-corrected chi connectivity index (χ3v) is 5.28. The zero-order chi connectivity index (χ0) is 18.0. The summed E-state index contributed by atoms with van der Waals surface area (Å²) >= 11 is 0. The molecule has 0 spiro atoms. The number of benzene rings is 1. The smallest absolute Gasteiger partial charge is 0.228 e. The lowest BCUT2D eigenvalue weighted by molar-refractivity contribution is -0.135. The highest BCUT2D eigenvalue weighted by Gasteiger charge is 2.38. The van der Waals surface area contributed by atoms with Gasteiger partial charge in [0.2, 0.25) is 11.8 Å². The average molecular weight is 345 g/mol. The minimum Gasteiger partial charge on any atom is -0.497 e. The molecule has 6 nitrogen and oxygen atoms in total. The lowest BCUT2D eigenvalue weighted by atomic mass is 10.1. The molecular weight excluding hydrogens is 318 g/mol. The second kappa shape index (κ2) is 7.44. The Bertz CT molecular complexity index is 647. The highest BCUT2D eigenvalue weighted by atomic mass is 16.5. The molecule has 1 aromatic rings. The van der Waals surface area contributed by atoms with E-state index in [-0.39, 0.29) is 17.7 Å². The summed E-state index contributed by atoms with van der Waals surface area (Å²) < 4.78 is 5.23. The summed E-state index contributed by atoms with van der Waals surface area (Å²) in [5.41, 5.74) is 1.02. The standard InChI is InChI=1S/C19H27N3O3/c1-20(2)16-7-8-21(13-16)19(24)15-10-18(23)22(12-15)11-14-5-4-6-17(9-14)25-3/h4-6,9,15-16H,7-8,10-13H2,1-3H3. The first kappa shape index (κ1) is 17.7. The van der Waals surface area contributed by atoms with Crippen molar-refractivity contribution in [2.75, 3.05) is 40.8 Å². The molecule has 2 amide bonds. The molecule has 2 aliphatic rings. The van der Waals surface area contributed by atoms with Gasteiger partial charge in [-0.2, -0.15) is 0 Å². The van der Waals surface area contributed by atoms with Crippen LogP contribution in [0.5, 0.6) is 5.75 Å². The number of likely N-dealkylation sites (N-methyl/N-ethyl adjacent to an activating group) is 1. The van der Waals surface area contributed by atoms with Gasteiger partial charge in [-0.1, -0.05) is 12.1 Å². The molecule has 0 bridgehead atoms. The SMILES string of the molecule is COc1cccc(CN2CC(C(=O)N3CCC(N(C)C)C3)CC2=O)c1. The lowest BCUT2D eigenvalue weighted by Crippen LogP contribution is -2.38. The normalized spacial score (nSPS) is 23.6. The Morgan fingerprint density at radius 1 is 1.32 bits per heavy atom. The van der Waals surface area contributed by atoms with E-state index in [1.54, 1.807) is 12.0 Å². The fourth-order valence-corrected chi connectivity index (χ4v) is 3.70. The molecule has 136 valence electrons. The van der Waals surface area contributed by atoms with Gasteiger partial charge in [0.25, 0.3) is 0 Å². The van der Waals surface area contributed by atoms with E-state index in [9.17, 15) is 9.59 Å². The van der Waals surface area contributed by atoms with E-state index in [4.69, 9.17) is 4.74 Å². The Morgan fingerprint density at radius 2 is 2.12 bits per heavy atom. The van der Waals surface area contributed by atoms with Crippen molar-refractivity contribution in [2.24, 2.45) is 5.92 Å². The Morgan fingerprint density at radius 3 is 2.80 bits per heavy atom. The van der Waals surface area contributed by atoms with Gasteiger partial charge >= 0.3 is 0 Å². The predicted molar refractivity (Wildman–Crippen MR) is 95.2 cm³/mol. The quantitative estimate of drug-likeness (QED) is 0.805. The summed E-state index contributed by atoms with van der Waals surface area (Å²) in [6.07, 6.45) is 1.33. The summed E-state index contributed by atoms with van der Waals surface area (Å²) in [5.74, 6) is 0.762. The molecule has 6 heteroatoms. The third-order valence-electron chi connectivity index (χ3n) is 5.28. The van der Waals surface area contributed by atoms with Crippen molar-refractivity contribution in [3.63, 3.8) is 0 Å². The van der Waals surface area contributed by atoms with E-state index in [0.717, 1.165) is 30.8 Å². The first-order chi connectivity index (χ1) is 12.0. The summed E-state index contributed by atoms with van der Waals surface area (Å²) in [5, 5.41) is 0. The molecule has 0 aromatic heterocycles. The number of carbonyl (C=O) groups is 2. The van der Waals surface area contributed by atoms with Crippen LogP contribution in [0.15, 0.2) is 24.3 Å². The van der Waals surface area contributed by atoms with Crippen molar-refractivity contribution in [3.8, 4) is 5.75 Å². The van der Waals surface area contributed by atoms with Crippen LogP contribution < -0.4 is 4.74 Å². The van der Waals surface area contributed by atoms with Crippen LogP contribution >= 0.6 is 0 Å². The second-order valence-corrected chi connectivity index (χ2v) is 7.22. The minimum absolute atomic E-state index is 0.0597. The van der Waals surface area contributed by atoms with Crippen LogP contribution in [0.3, 0.4) is 0 Å². The van der Waals surface area contributed by atoms with Crippen LogP contribution in [0.2, 0.25) is 0 Å². The first-order valence-corrected chi connectivity index (χ1v) is 8.84. The highest BCUT2D eigenvalue weighted by molar-refractivity contribution is 5.89. The van der Waals surface area contributed by atoms with Gasteiger partial charge in [0.15, 0.2) is 0 Å². The molecule has 2 fully saturated rings. The molecule has 2 atom stereocenters. The summed E-state index contributed by atoms with van der Waals surface area (Å²) in [4.78, 5) is 31.0. The molecule has 25 heavy (non-hydrogen) atoms. The van der Waals surface area contributed by atoms with Crippen LogP contribution in [0.4, 0.5) is 0 Å². The molecule has 0 radical (unpaired) electrons. The van der Waals surface area contributed by atoms with Crippen molar-refractivity contribution in [1.29, 1.82) is 0 Å². The Balaban J connectivity index is 1.59. The fraction of sp³-hybridized carbons (Fsp3) is 0.579. The number of carbonyl (C=O) groups excluding carboxylic acids is 2. The number of hydrogen-bond donors (Lipinski definition) is 0. The number of rotatable bonds is 5. The molecule has 0 saturated carbocycles. The molecule has 1 aromatic carbocycles. The summed E-state index contributed by atoms with van der Waals surface area (Å²) in [6.45, 7) is 2.60. The van der Waals surface area contributed by atoms with Gasteiger partial charge < -0.3 is 19.4 Å². The number of ether oxygens (including phenoxy) is 1. The zero-order valence-corrected chi connectivity index (χ0v) is 15.3. The number of nitrogens with zero attached hydrogens (tertiary/aromatic N) is 3. The van der Waals surface area contributed by atoms with E-state index in [1.165, 1.54) is 0 Å². The summed E-state index contributed by atoms with van der Waals surface area (Å²) in [6, 6.07) is 8.14. The molecule has 2 unspecified atom stereocenters. The van der Waals surface area contributed by atoms with Gasteiger partial charge in [-0.05, 0) is 38.2 Å². The molecular formula is C19H27N3O3.